The second kappa shape index (κ2) is 9.69. The lowest BCUT2D eigenvalue weighted by Crippen LogP contribution is -1.99. The van der Waals surface area contributed by atoms with Crippen molar-refractivity contribution in [3.63, 3.8) is 0 Å². The smallest absolute Gasteiger partial charge is 0.331 e. The van der Waals surface area contributed by atoms with Crippen LogP contribution < -0.4 is 9.47 Å². The largest absolute Gasteiger partial charge is 0.493 e. The van der Waals surface area contributed by atoms with E-state index < -0.39 is 5.97 Å². The van der Waals surface area contributed by atoms with Gasteiger partial charge in [-0.3, -0.25) is 0 Å². The lowest BCUT2D eigenvalue weighted by Gasteiger charge is -2.11. The zero-order chi connectivity index (χ0) is 18.1. The maximum absolute atomic E-state index is 11.5. The van der Waals surface area contributed by atoms with Gasteiger partial charge in [-0.25, -0.2) is 4.79 Å². The van der Waals surface area contributed by atoms with Crippen LogP contribution in [0, 0.1) is 0 Å². The number of hydrogen-bond acceptors (Lipinski definition) is 4. The number of halogens is 1. The van der Waals surface area contributed by atoms with Crippen molar-refractivity contribution in [3.8, 4) is 11.5 Å². The third-order valence-electron chi connectivity index (χ3n) is 3.25. The van der Waals surface area contributed by atoms with Crippen molar-refractivity contribution in [1.82, 2.24) is 0 Å². The van der Waals surface area contributed by atoms with Crippen LogP contribution in [-0.2, 0) is 16.1 Å². The molecule has 0 saturated heterocycles. The first-order valence-corrected chi connectivity index (χ1v) is 8.42. The molecule has 0 spiro atoms. The van der Waals surface area contributed by atoms with E-state index in [1.165, 1.54) is 12.2 Å². The summed E-state index contributed by atoms with van der Waals surface area (Å²) in [4.78, 5) is 11.5. The fourth-order valence-corrected chi connectivity index (χ4v) is 2.27. The first-order chi connectivity index (χ1) is 12.1. The van der Waals surface area contributed by atoms with Crippen LogP contribution in [0.2, 0.25) is 0 Å². The number of hydrogen-bond donors (Lipinski definition) is 0. The van der Waals surface area contributed by atoms with Gasteiger partial charge in [0.2, 0.25) is 0 Å². The van der Waals surface area contributed by atoms with E-state index in [1.54, 1.807) is 19.3 Å². The summed E-state index contributed by atoms with van der Waals surface area (Å²) in [6.07, 6.45) is 4.54. The lowest BCUT2D eigenvalue weighted by atomic mass is 10.2. The maximum Gasteiger partial charge on any atom is 0.331 e. The van der Waals surface area contributed by atoms with E-state index >= 15 is 0 Å². The molecule has 130 valence electrons. The van der Waals surface area contributed by atoms with Crippen LogP contribution in [0.5, 0.6) is 11.5 Å². The quantitative estimate of drug-likeness (QED) is 0.362. The highest BCUT2D eigenvalue weighted by molar-refractivity contribution is 9.10. The van der Waals surface area contributed by atoms with E-state index in [4.69, 9.17) is 14.2 Å². The van der Waals surface area contributed by atoms with Gasteiger partial charge in [-0.1, -0.05) is 46.8 Å². The molecular formula is C20H19BrO4. The topological polar surface area (TPSA) is 44.8 Å². The number of carbonyl (C=O) groups excluding carboxylic acids is 1. The van der Waals surface area contributed by atoms with Gasteiger partial charge in [-0.05, 0) is 41.5 Å². The van der Waals surface area contributed by atoms with Crippen molar-refractivity contribution in [1.29, 1.82) is 0 Å². The lowest BCUT2D eigenvalue weighted by molar-refractivity contribution is -0.136. The van der Waals surface area contributed by atoms with E-state index in [1.807, 2.05) is 36.4 Å². The Morgan fingerprint density at radius 1 is 1.16 bits per heavy atom. The van der Waals surface area contributed by atoms with E-state index in [0.29, 0.717) is 18.1 Å². The van der Waals surface area contributed by atoms with Crippen LogP contribution in [0.3, 0.4) is 0 Å². The highest BCUT2D eigenvalue weighted by atomic mass is 79.9. The molecular weight excluding hydrogens is 384 g/mol. The monoisotopic (exact) mass is 402 g/mol. The summed E-state index contributed by atoms with van der Waals surface area (Å²) in [7, 11) is 1.58. The van der Waals surface area contributed by atoms with Gasteiger partial charge in [-0.2, -0.15) is 0 Å². The second-order valence-corrected chi connectivity index (χ2v) is 5.99. The van der Waals surface area contributed by atoms with Gasteiger partial charge < -0.3 is 14.2 Å². The molecule has 2 aromatic carbocycles. The Bertz CT molecular complexity index is 751. The fourth-order valence-electron chi connectivity index (χ4n) is 2.00. The van der Waals surface area contributed by atoms with Gasteiger partial charge in [0.25, 0.3) is 0 Å². The summed E-state index contributed by atoms with van der Waals surface area (Å²) in [5.41, 5.74) is 1.86. The SMILES string of the molecule is C=CCOC(=O)/C=C/c1ccc(OCc2ccc(Br)cc2)c(OC)c1. The number of esters is 1. The van der Waals surface area contributed by atoms with Crippen LogP contribution >= 0.6 is 15.9 Å². The molecule has 0 radical (unpaired) electrons. The van der Waals surface area contributed by atoms with E-state index in [2.05, 4.69) is 22.5 Å². The summed E-state index contributed by atoms with van der Waals surface area (Å²) < 4.78 is 17.1. The number of carbonyl (C=O) groups is 1. The van der Waals surface area contributed by atoms with Gasteiger partial charge in [0, 0.05) is 10.5 Å². The third-order valence-corrected chi connectivity index (χ3v) is 3.78. The van der Waals surface area contributed by atoms with Gasteiger partial charge in [0.05, 0.1) is 7.11 Å². The summed E-state index contributed by atoms with van der Waals surface area (Å²) in [6.45, 7) is 4.12. The van der Waals surface area contributed by atoms with Crippen molar-refractivity contribution in [2.45, 2.75) is 6.61 Å². The molecule has 0 amide bonds. The number of benzene rings is 2. The van der Waals surface area contributed by atoms with Gasteiger partial charge >= 0.3 is 5.97 Å². The van der Waals surface area contributed by atoms with Crippen molar-refractivity contribution in [3.05, 3.63) is 76.8 Å². The highest BCUT2D eigenvalue weighted by Crippen LogP contribution is 2.29. The first kappa shape index (κ1) is 18.8. The zero-order valence-electron chi connectivity index (χ0n) is 13.9. The van der Waals surface area contributed by atoms with Crippen molar-refractivity contribution in [2.24, 2.45) is 0 Å². The molecule has 4 nitrogen and oxygen atoms in total. The standard InChI is InChI=1S/C20H19BrO4/c1-3-12-24-20(22)11-7-15-6-10-18(19(13-15)23-2)25-14-16-4-8-17(21)9-5-16/h3-11,13H,1,12,14H2,2H3/b11-7+. The van der Waals surface area contributed by atoms with Crippen molar-refractivity contribution < 1.29 is 19.0 Å². The molecule has 5 heteroatoms. The van der Waals surface area contributed by atoms with E-state index in [-0.39, 0.29) is 6.61 Å². The Morgan fingerprint density at radius 2 is 1.92 bits per heavy atom. The second-order valence-electron chi connectivity index (χ2n) is 5.08. The molecule has 0 heterocycles. The predicted octanol–water partition coefficient (Wildman–Crippen LogP) is 4.78. The Balaban J connectivity index is 2.03. The molecule has 2 rings (SSSR count). The molecule has 0 saturated carbocycles. The Labute approximate surface area is 155 Å². The molecule has 0 bridgehead atoms. The van der Waals surface area contributed by atoms with Gasteiger partial charge in [0.15, 0.2) is 11.5 Å². The molecule has 0 aromatic heterocycles. The number of rotatable bonds is 8. The first-order valence-electron chi connectivity index (χ1n) is 7.63. The average Bonchev–Trinajstić information content (AvgIpc) is 2.64. The van der Waals surface area contributed by atoms with Crippen LogP contribution in [0.15, 0.2) is 65.7 Å². The number of ether oxygens (including phenoxy) is 3. The Morgan fingerprint density at radius 3 is 2.60 bits per heavy atom. The Kier molecular flexibility index (Phi) is 7.29. The van der Waals surface area contributed by atoms with Gasteiger partial charge in [-0.15, -0.1) is 0 Å². The summed E-state index contributed by atoms with van der Waals surface area (Å²) in [5, 5.41) is 0. The van der Waals surface area contributed by atoms with Crippen LogP contribution in [0.25, 0.3) is 6.08 Å². The Hall–Kier alpha value is -2.53. The third kappa shape index (κ3) is 6.12. The van der Waals surface area contributed by atoms with Gasteiger partial charge in [0.1, 0.15) is 13.2 Å². The van der Waals surface area contributed by atoms with E-state index in [0.717, 1.165) is 15.6 Å². The zero-order valence-corrected chi connectivity index (χ0v) is 15.5. The maximum atomic E-state index is 11.5. The van der Waals surface area contributed by atoms with Crippen LogP contribution in [0.1, 0.15) is 11.1 Å². The van der Waals surface area contributed by atoms with Crippen molar-refractivity contribution in [2.75, 3.05) is 13.7 Å². The minimum absolute atomic E-state index is 0.190. The minimum atomic E-state index is -0.422. The van der Waals surface area contributed by atoms with Crippen molar-refractivity contribution >= 4 is 28.0 Å². The summed E-state index contributed by atoms with van der Waals surface area (Å²) >= 11 is 3.41. The minimum Gasteiger partial charge on any atom is -0.493 e. The van der Waals surface area contributed by atoms with Crippen LogP contribution in [0.4, 0.5) is 0 Å². The molecule has 0 unspecified atom stereocenters. The molecule has 0 aliphatic rings. The predicted molar refractivity (Wildman–Crippen MR) is 102 cm³/mol. The summed E-state index contributed by atoms with van der Waals surface area (Å²) in [6, 6.07) is 13.4. The molecule has 0 atom stereocenters. The molecule has 0 aliphatic heterocycles. The molecule has 25 heavy (non-hydrogen) atoms. The molecule has 0 aliphatic carbocycles. The molecule has 2 aromatic rings. The number of methoxy groups -OCH3 is 1. The van der Waals surface area contributed by atoms with Crippen LogP contribution in [-0.4, -0.2) is 19.7 Å². The molecule has 0 N–H and O–H groups in total. The summed E-state index contributed by atoms with van der Waals surface area (Å²) in [5.74, 6) is 0.810. The molecule has 0 fully saturated rings. The fraction of sp³-hybridized carbons (Fsp3) is 0.150. The highest BCUT2D eigenvalue weighted by Gasteiger charge is 2.06. The van der Waals surface area contributed by atoms with E-state index in [9.17, 15) is 4.79 Å². The average molecular weight is 403 g/mol. The normalized spacial score (nSPS) is 10.5.